The van der Waals surface area contributed by atoms with Crippen LogP contribution in [0.15, 0.2) is 6.07 Å². The number of hydrogen-bond acceptors (Lipinski definition) is 4. The number of nitrogens with one attached hydrogen (secondary N) is 1. The van der Waals surface area contributed by atoms with E-state index in [0.29, 0.717) is 11.7 Å². The number of hydrogen-bond donors (Lipinski definition) is 1. The van der Waals surface area contributed by atoms with Crippen molar-refractivity contribution < 1.29 is 9.53 Å². The van der Waals surface area contributed by atoms with Crippen LogP contribution >= 0.6 is 0 Å². The number of aromatic nitrogens is 4. The lowest BCUT2D eigenvalue weighted by Gasteiger charge is -2.32. The molecule has 2 aromatic heterocycles. The quantitative estimate of drug-likeness (QED) is 0.897. The molecule has 0 saturated carbocycles. The zero-order valence-electron chi connectivity index (χ0n) is 16.0. The molecule has 0 aromatic carbocycles. The molecule has 2 atom stereocenters. The van der Waals surface area contributed by atoms with Gasteiger partial charge in [-0.25, -0.2) is 0 Å². The van der Waals surface area contributed by atoms with Gasteiger partial charge in [-0.1, -0.05) is 0 Å². The number of H-pyrrole nitrogens is 1. The van der Waals surface area contributed by atoms with Gasteiger partial charge in [-0.2, -0.15) is 10.2 Å². The molecule has 26 heavy (non-hydrogen) atoms. The smallest absolute Gasteiger partial charge is 0.274 e. The molecule has 1 fully saturated rings. The fourth-order valence-electron chi connectivity index (χ4n) is 4.33. The number of amides is 1. The zero-order valence-corrected chi connectivity index (χ0v) is 16.0. The van der Waals surface area contributed by atoms with Crippen molar-refractivity contribution in [3.05, 3.63) is 34.4 Å². The van der Waals surface area contributed by atoms with Crippen LogP contribution in [0, 0.1) is 13.8 Å². The van der Waals surface area contributed by atoms with E-state index in [-0.39, 0.29) is 18.1 Å². The SMILES string of the molecule is Cc1cc(C)n(C2CCN(C(=O)c3n[nH]c4c3C[C@@H](C)O[C@H]4C)CC2)n1. The molecular formula is C19H27N5O2. The molecule has 1 N–H and O–H groups in total. The maximum Gasteiger partial charge on any atom is 0.274 e. The first-order valence-electron chi connectivity index (χ1n) is 9.48. The summed E-state index contributed by atoms with van der Waals surface area (Å²) in [5.41, 5.74) is 4.80. The van der Waals surface area contributed by atoms with Crippen LogP contribution in [0.1, 0.15) is 72.0 Å². The predicted octanol–water partition coefficient (Wildman–Crippen LogP) is 2.72. The molecule has 140 valence electrons. The fourth-order valence-corrected chi connectivity index (χ4v) is 4.33. The van der Waals surface area contributed by atoms with E-state index in [1.807, 2.05) is 25.7 Å². The van der Waals surface area contributed by atoms with Crippen LogP contribution in [0.2, 0.25) is 0 Å². The zero-order chi connectivity index (χ0) is 18.4. The van der Waals surface area contributed by atoms with Crippen LogP contribution in [0.3, 0.4) is 0 Å². The Balaban J connectivity index is 1.47. The summed E-state index contributed by atoms with van der Waals surface area (Å²) >= 11 is 0. The molecule has 2 aliphatic rings. The van der Waals surface area contributed by atoms with Crippen molar-refractivity contribution in [2.75, 3.05) is 13.1 Å². The maximum atomic E-state index is 13.0. The van der Waals surface area contributed by atoms with Crippen molar-refractivity contribution in [2.45, 2.75) is 65.2 Å². The highest BCUT2D eigenvalue weighted by Crippen LogP contribution is 2.31. The van der Waals surface area contributed by atoms with Gasteiger partial charge in [0.05, 0.1) is 29.6 Å². The Morgan fingerprint density at radius 2 is 2.00 bits per heavy atom. The standard InChI is InChI=1S/C19H27N5O2/c1-11-9-12(2)24(22-11)15-5-7-23(8-6-15)19(25)18-16-10-13(3)26-14(4)17(16)20-21-18/h9,13-15H,5-8,10H2,1-4H3,(H,20,21)/t13-,14+/m1/s1. The second-order valence-electron chi connectivity index (χ2n) is 7.65. The highest BCUT2D eigenvalue weighted by atomic mass is 16.5. The van der Waals surface area contributed by atoms with Crippen LogP contribution in [0.25, 0.3) is 0 Å². The summed E-state index contributed by atoms with van der Waals surface area (Å²) in [4.78, 5) is 15.0. The third-order valence-corrected chi connectivity index (χ3v) is 5.58. The molecule has 7 nitrogen and oxygen atoms in total. The van der Waals surface area contributed by atoms with Gasteiger partial charge in [0, 0.05) is 30.8 Å². The van der Waals surface area contributed by atoms with E-state index in [1.54, 1.807) is 0 Å². The Morgan fingerprint density at radius 1 is 1.27 bits per heavy atom. The summed E-state index contributed by atoms with van der Waals surface area (Å²) in [6.07, 6.45) is 2.66. The number of carbonyl (C=O) groups is 1. The first-order valence-corrected chi connectivity index (χ1v) is 9.48. The Hall–Kier alpha value is -2.15. The molecule has 0 radical (unpaired) electrons. The molecule has 7 heteroatoms. The highest BCUT2D eigenvalue weighted by Gasteiger charge is 2.33. The van der Waals surface area contributed by atoms with Crippen molar-refractivity contribution in [1.82, 2.24) is 24.9 Å². The van der Waals surface area contributed by atoms with E-state index in [4.69, 9.17) is 4.74 Å². The van der Waals surface area contributed by atoms with Gasteiger partial charge in [0.2, 0.25) is 0 Å². The molecular weight excluding hydrogens is 330 g/mol. The second kappa shape index (κ2) is 6.54. The van der Waals surface area contributed by atoms with Crippen LogP contribution in [-0.4, -0.2) is 50.0 Å². The average molecular weight is 357 g/mol. The summed E-state index contributed by atoms with van der Waals surface area (Å²) in [5.74, 6) is 0.0376. The number of ether oxygens (including phenoxy) is 1. The highest BCUT2D eigenvalue weighted by molar-refractivity contribution is 5.94. The van der Waals surface area contributed by atoms with Crippen molar-refractivity contribution >= 4 is 5.91 Å². The van der Waals surface area contributed by atoms with Gasteiger partial charge in [-0.3, -0.25) is 14.6 Å². The third kappa shape index (κ3) is 2.94. The second-order valence-corrected chi connectivity index (χ2v) is 7.65. The van der Waals surface area contributed by atoms with E-state index in [2.05, 4.69) is 33.0 Å². The topological polar surface area (TPSA) is 76.0 Å². The number of piperidine rings is 1. The largest absolute Gasteiger partial charge is 0.369 e. The Bertz CT molecular complexity index is 816. The van der Waals surface area contributed by atoms with Crippen LogP contribution in [0.5, 0.6) is 0 Å². The van der Waals surface area contributed by atoms with Crippen molar-refractivity contribution in [3.8, 4) is 0 Å². The van der Waals surface area contributed by atoms with Crippen molar-refractivity contribution in [2.24, 2.45) is 0 Å². The summed E-state index contributed by atoms with van der Waals surface area (Å²) in [5, 5.41) is 12.0. The van der Waals surface area contributed by atoms with Gasteiger partial charge >= 0.3 is 0 Å². The van der Waals surface area contributed by atoms with E-state index >= 15 is 0 Å². The van der Waals surface area contributed by atoms with E-state index in [1.165, 1.54) is 5.69 Å². The minimum atomic E-state index is -0.0421. The molecule has 0 spiro atoms. The Labute approximate surface area is 153 Å². The number of fused-ring (bicyclic) bond motifs is 1. The summed E-state index contributed by atoms with van der Waals surface area (Å²) in [6.45, 7) is 9.64. The molecule has 2 aromatic rings. The van der Waals surface area contributed by atoms with Crippen LogP contribution in [-0.2, 0) is 11.2 Å². The molecule has 0 bridgehead atoms. The van der Waals surface area contributed by atoms with Gasteiger partial charge in [0.25, 0.3) is 5.91 Å². The molecule has 0 aliphatic carbocycles. The molecule has 1 saturated heterocycles. The van der Waals surface area contributed by atoms with Gasteiger partial charge in [-0.05, 0) is 46.6 Å². The molecule has 0 unspecified atom stereocenters. The average Bonchev–Trinajstić information content (AvgIpc) is 3.17. The van der Waals surface area contributed by atoms with Crippen molar-refractivity contribution in [3.63, 3.8) is 0 Å². The van der Waals surface area contributed by atoms with Gasteiger partial charge < -0.3 is 9.64 Å². The third-order valence-electron chi connectivity index (χ3n) is 5.58. The lowest BCUT2D eigenvalue weighted by atomic mass is 9.98. The minimum absolute atomic E-state index is 0.0376. The maximum absolute atomic E-state index is 13.0. The predicted molar refractivity (Wildman–Crippen MR) is 97.1 cm³/mol. The Morgan fingerprint density at radius 3 is 2.65 bits per heavy atom. The first-order chi connectivity index (χ1) is 12.4. The van der Waals surface area contributed by atoms with E-state index in [9.17, 15) is 4.79 Å². The first kappa shape index (κ1) is 17.3. The van der Waals surface area contributed by atoms with Crippen LogP contribution < -0.4 is 0 Å². The summed E-state index contributed by atoms with van der Waals surface area (Å²) in [7, 11) is 0. The lowest BCUT2D eigenvalue weighted by Crippen LogP contribution is -2.40. The number of carbonyl (C=O) groups excluding carboxylic acids is 1. The monoisotopic (exact) mass is 357 g/mol. The summed E-state index contributed by atoms with van der Waals surface area (Å²) < 4.78 is 7.94. The number of aryl methyl sites for hydroxylation is 2. The van der Waals surface area contributed by atoms with Gasteiger partial charge in [-0.15, -0.1) is 0 Å². The Kier molecular flexibility index (Phi) is 4.34. The van der Waals surface area contributed by atoms with E-state index < -0.39 is 0 Å². The summed E-state index contributed by atoms with van der Waals surface area (Å²) in [6, 6.07) is 2.48. The lowest BCUT2D eigenvalue weighted by molar-refractivity contribution is -0.00703. The minimum Gasteiger partial charge on any atom is -0.369 e. The number of rotatable bonds is 2. The van der Waals surface area contributed by atoms with Crippen LogP contribution in [0.4, 0.5) is 0 Å². The number of aromatic amines is 1. The molecule has 4 heterocycles. The number of likely N-dealkylation sites (tertiary alicyclic amines) is 1. The fraction of sp³-hybridized carbons (Fsp3) is 0.632. The van der Waals surface area contributed by atoms with Gasteiger partial charge in [0.15, 0.2) is 5.69 Å². The normalized spacial score (nSPS) is 23.9. The van der Waals surface area contributed by atoms with Gasteiger partial charge in [0.1, 0.15) is 0 Å². The number of nitrogens with zero attached hydrogens (tertiary/aromatic N) is 4. The molecule has 4 rings (SSSR count). The van der Waals surface area contributed by atoms with Crippen molar-refractivity contribution in [1.29, 1.82) is 0 Å². The molecule has 1 amide bonds. The molecule has 2 aliphatic heterocycles. The van der Waals surface area contributed by atoms with E-state index in [0.717, 1.165) is 49.3 Å².